The van der Waals surface area contributed by atoms with Gasteiger partial charge < -0.3 is 15.0 Å². The molecule has 1 atom stereocenters. The van der Waals surface area contributed by atoms with E-state index in [1.807, 2.05) is 0 Å². The molecule has 0 bridgehead atoms. The van der Waals surface area contributed by atoms with Gasteiger partial charge in [-0.25, -0.2) is 9.97 Å². The van der Waals surface area contributed by atoms with Crippen LogP contribution in [-0.2, 0) is 4.74 Å². The summed E-state index contributed by atoms with van der Waals surface area (Å²) in [7, 11) is 1.72. The molecule has 1 saturated heterocycles. The molecule has 106 valence electrons. The summed E-state index contributed by atoms with van der Waals surface area (Å²) < 4.78 is 5.03. The Kier molecular flexibility index (Phi) is 5.82. The number of nitrogens with zero attached hydrogens (tertiary/aromatic N) is 3. The molecule has 19 heavy (non-hydrogen) atoms. The van der Waals surface area contributed by atoms with E-state index in [4.69, 9.17) is 16.3 Å². The zero-order valence-electron chi connectivity index (χ0n) is 11.3. The van der Waals surface area contributed by atoms with Crippen LogP contribution in [0.3, 0.4) is 0 Å². The maximum atomic E-state index is 5.81. The number of anilines is 1. The van der Waals surface area contributed by atoms with E-state index in [0.29, 0.717) is 10.9 Å². The fourth-order valence-corrected chi connectivity index (χ4v) is 2.46. The largest absolute Gasteiger partial charge is 0.383 e. The number of halogens is 1. The maximum absolute atomic E-state index is 5.81. The van der Waals surface area contributed by atoms with Crippen molar-refractivity contribution in [2.75, 3.05) is 44.8 Å². The van der Waals surface area contributed by atoms with Crippen molar-refractivity contribution >= 4 is 17.5 Å². The van der Waals surface area contributed by atoms with Crippen LogP contribution < -0.4 is 10.2 Å². The highest BCUT2D eigenvalue weighted by Crippen LogP contribution is 2.20. The SMILES string of the molecule is COCCNCC1CCCN(c2ncc(Cl)cn2)C1. The Morgan fingerprint density at radius 3 is 3.00 bits per heavy atom. The van der Waals surface area contributed by atoms with Crippen molar-refractivity contribution < 1.29 is 4.74 Å². The van der Waals surface area contributed by atoms with Gasteiger partial charge >= 0.3 is 0 Å². The Morgan fingerprint density at radius 1 is 1.47 bits per heavy atom. The minimum absolute atomic E-state index is 0.582. The molecule has 2 rings (SSSR count). The molecule has 0 aliphatic carbocycles. The van der Waals surface area contributed by atoms with E-state index in [-0.39, 0.29) is 0 Å². The van der Waals surface area contributed by atoms with Crippen molar-refractivity contribution in [1.29, 1.82) is 0 Å². The lowest BCUT2D eigenvalue weighted by molar-refractivity contribution is 0.197. The van der Waals surface area contributed by atoms with Gasteiger partial charge in [-0.1, -0.05) is 11.6 Å². The van der Waals surface area contributed by atoms with Gasteiger partial charge in [-0.2, -0.15) is 0 Å². The van der Waals surface area contributed by atoms with Crippen LogP contribution in [0.5, 0.6) is 0 Å². The van der Waals surface area contributed by atoms with Gasteiger partial charge in [0.05, 0.1) is 24.0 Å². The first-order valence-corrected chi connectivity index (χ1v) is 7.09. The average Bonchev–Trinajstić information content (AvgIpc) is 2.45. The lowest BCUT2D eigenvalue weighted by atomic mass is 9.98. The molecule has 1 aromatic rings. The normalized spacial score (nSPS) is 19.7. The van der Waals surface area contributed by atoms with Crippen LogP contribution in [0.4, 0.5) is 5.95 Å². The van der Waals surface area contributed by atoms with Crippen LogP contribution in [0.25, 0.3) is 0 Å². The monoisotopic (exact) mass is 284 g/mol. The topological polar surface area (TPSA) is 50.3 Å². The summed E-state index contributed by atoms with van der Waals surface area (Å²) in [6.45, 7) is 4.71. The molecule has 1 N–H and O–H groups in total. The highest BCUT2D eigenvalue weighted by atomic mass is 35.5. The number of aromatic nitrogens is 2. The molecular formula is C13H21ClN4O. The number of piperidine rings is 1. The smallest absolute Gasteiger partial charge is 0.225 e. The van der Waals surface area contributed by atoms with Gasteiger partial charge in [-0.3, -0.25) is 0 Å². The molecular weight excluding hydrogens is 264 g/mol. The van der Waals surface area contributed by atoms with Crippen LogP contribution in [0.15, 0.2) is 12.4 Å². The third-order valence-corrected chi connectivity index (χ3v) is 3.52. The van der Waals surface area contributed by atoms with E-state index in [0.717, 1.165) is 38.7 Å². The van der Waals surface area contributed by atoms with Crippen LogP contribution >= 0.6 is 11.6 Å². The Hall–Kier alpha value is -0.910. The zero-order valence-corrected chi connectivity index (χ0v) is 12.1. The van der Waals surface area contributed by atoms with Crippen molar-refractivity contribution in [2.45, 2.75) is 12.8 Å². The van der Waals surface area contributed by atoms with Crippen LogP contribution in [0.2, 0.25) is 5.02 Å². The minimum Gasteiger partial charge on any atom is -0.383 e. The van der Waals surface area contributed by atoms with E-state index in [9.17, 15) is 0 Å². The molecule has 1 unspecified atom stereocenters. The maximum Gasteiger partial charge on any atom is 0.225 e. The van der Waals surface area contributed by atoms with E-state index < -0.39 is 0 Å². The summed E-state index contributed by atoms with van der Waals surface area (Å²) in [6, 6.07) is 0. The second-order valence-electron chi connectivity index (χ2n) is 4.85. The molecule has 0 aromatic carbocycles. The van der Waals surface area contributed by atoms with Gasteiger partial charge in [0.25, 0.3) is 0 Å². The summed E-state index contributed by atoms with van der Waals surface area (Å²) in [5, 5.41) is 4.01. The average molecular weight is 285 g/mol. The Bertz CT molecular complexity index is 373. The molecule has 6 heteroatoms. The summed E-state index contributed by atoms with van der Waals surface area (Å²) in [5.74, 6) is 1.43. The first kappa shape index (κ1) is 14.5. The number of hydrogen-bond acceptors (Lipinski definition) is 5. The number of rotatable bonds is 6. The van der Waals surface area contributed by atoms with E-state index in [2.05, 4.69) is 20.2 Å². The molecule has 0 radical (unpaired) electrons. The Labute approximate surface area is 119 Å². The van der Waals surface area contributed by atoms with Crippen LogP contribution in [0, 0.1) is 5.92 Å². The molecule has 0 saturated carbocycles. The molecule has 1 fully saturated rings. The van der Waals surface area contributed by atoms with Gasteiger partial charge in [-0.05, 0) is 25.3 Å². The number of ether oxygens (including phenoxy) is 1. The molecule has 2 heterocycles. The first-order chi connectivity index (χ1) is 9.29. The van der Waals surface area contributed by atoms with Crippen molar-refractivity contribution in [3.8, 4) is 0 Å². The highest BCUT2D eigenvalue weighted by Gasteiger charge is 2.21. The molecule has 0 spiro atoms. The Morgan fingerprint density at radius 2 is 2.26 bits per heavy atom. The molecule has 1 aromatic heterocycles. The predicted octanol–water partition coefficient (Wildman–Crippen LogP) is 1.58. The standard InChI is InChI=1S/C13H21ClN4O/c1-19-6-4-15-7-11-3-2-5-18(10-11)13-16-8-12(14)9-17-13/h8-9,11,15H,2-7,10H2,1H3. The fourth-order valence-electron chi connectivity index (χ4n) is 2.36. The zero-order chi connectivity index (χ0) is 13.5. The van der Waals surface area contributed by atoms with Crippen LogP contribution in [0.1, 0.15) is 12.8 Å². The Balaban J connectivity index is 1.81. The minimum atomic E-state index is 0.582. The second-order valence-corrected chi connectivity index (χ2v) is 5.29. The molecule has 1 aliphatic rings. The summed E-state index contributed by atoms with van der Waals surface area (Å²) in [4.78, 5) is 10.8. The highest BCUT2D eigenvalue weighted by molar-refractivity contribution is 6.30. The second kappa shape index (κ2) is 7.62. The third-order valence-electron chi connectivity index (χ3n) is 3.32. The lowest BCUT2D eigenvalue weighted by Gasteiger charge is -2.32. The van der Waals surface area contributed by atoms with Gasteiger partial charge in [0.15, 0.2) is 0 Å². The van der Waals surface area contributed by atoms with Gasteiger partial charge in [0.1, 0.15) is 0 Å². The molecule has 1 aliphatic heterocycles. The van der Waals surface area contributed by atoms with Crippen molar-refractivity contribution in [1.82, 2.24) is 15.3 Å². The molecule has 0 amide bonds. The fraction of sp³-hybridized carbons (Fsp3) is 0.692. The lowest BCUT2D eigenvalue weighted by Crippen LogP contribution is -2.40. The number of methoxy groups -OCH3 is 1. The third kappa shape index (κ3) is 4.60. The van der Waals surface area contributed by atoms with Crippen molar-refractivity contribution in [3.63, 3.8) is 0 Å². The quantitative estimate of drug-likeness (QED) is 0.804. The van der Waals surface area contributed by atoms with Crippen molar-refractivity contribution in [3.05, 3.63) is 17.4 Å². The van der Waals surface area contributed by atoms with E-state index in [1.54, 1.807) is 19.5 Å². The molecule has 5 nitrogen and oxygen atoms in total. The van der Waals surface area contributed by atoms with E-state index >= 15 is 0 Å². The number of nitrogens with one attached hydrogen (secondary N) is 1. The first-order valence-electron chi connectivity index (χ1n) is 6.71. The van der Waals surface area contributed by atoms with Crippen LogP contribution in [-0.4, -0.2) is 49.9 Å². The van der Waals surface area contributed by atoms with E-state index in [1.165, 1.54) is 12.8 Å². The number of hydrogen-bond donors (Lipinski definition) is 1. The van der Waals surface area contributed by atoms with Gasteiger partial charge in [-0.15, -0.1) is 0 Å². The summed E-state index contributed by atoms with van der Waals surface area (Å²) in [6.07, 6.45) is 5.75. The van der Waals surface area contributed by atoms with Gasteiger partial charge in [0, 0.05) is 26.7 Å². The van der Waals surface area contributed by atoms with Gasteiger partial charge in [0.2, 0.25) is 5.95 Å². The summed E-state index contributed by atoms with van der Waals surface area (Å²) in [5.41, 5.74) is 0. The summed E-state index contributed by atoms with van der Waals surface area (Å²) >= 11 is 5.81. The van der Waals surface area contributed by atoms with Crippen molar-refractivity contribution in [2.24, 2.45) is 5.92 Å². The predicted molar refractivity (Wildman–Crippen MR) is 76.7 cm³/mol.